The highest BCUT2D eigenvalue weighted by Crippen LogP contribution is 2.41. The fourth-order valence-corrected chi connectivity index (χ4v) is 2.41. The first-order chi connectivity index (χ1) is 10.5. The van der Waals surface area contributed by atoms with Crippen molar-refractivity contribution in [1.82, 2.24) is 4.98 Å². The number of nitrogens with two attached hydrogens (primary N) is 1. The maximum absolute atomic E-state index is 12.3. The predicted octanol–water partition coefficient (Wildman–Crippen LogP) is 1.97. The molecule has 1 aliphatic rings. The lowest BCUT2D eigenvalue weighted by atomic mass is 9.82. The molecule has 6 nitrogen and oxygen atoms in total. The van der Waals surface area contributed by atoms with Gasteiger partial charge < -0.3 is 15.2 Å². The minimum absolute atomic E-state index is 0.00714. The van der Waals surface area contributed by atoms with Gasteiger partial charge in [-0.2, -0.15) is 5.26 Å². The average Bonchev–Trinajstić information content (AvgIpc) is 2.53. The van der Waals surface area contributed by atoms with Gasteiger partial charge in [-0.05, 0) is 11.6 Å². The molecule has 0 spiro atoms. The minimum Gasteiger partial charge on any atom is -0.466 e. The fraction of sp³-hybridized carbons (Fsp3) is 0.312. The SMILES string of the molecule is COC(=O)C1=C(C(C)C)OC(N)=C(C#N)C1c1cccnc1. The molecule has 1 unspecified atom stereocenters. The van der Waals surface area contributed by atoms with Crippen molar-refractivity contribution in [2.75, 3.05) is 7.11 Å². The van der Waals surface area contributed by atoms with E-state index in [4.69, 9.17) is 15.2 Å². The van der Waals surface area contributed by atoms with Crippen LogP contribution >= 0.6 is 0 Å². The lowest BCUT2D eigenvalue weighted by molar-refractivity contribution is -0.136. The Morgan fingerprint density at radius 3 is 2.77 bits per heavy atom. The van der Waals surface area contributed by atoms with Gasteiger partial charge in [-0.25, -0.2) is 4.79 Å². The Bertz CT molecular complexity index is 684. The molecule has 0 bridgehead atoms. The van der Waals surface area contributed by atoms with Crippen LogP contribution in [0, 0.1) is 17.2 Å². The molecule has 0 saturated carbocycles. The third-order valence-electron chi connectivity index (χ3n) is 3.40. The lowest BCUT2D eigenvalue weighted by Crippen LogP contribution is -2.27. The van der Waals surface area contributed by atoms with Gasteiger partial charge in [-0.3, -0.25) is 4.98 Å². The Balaban J connectivity index is 2.71. The standard InChI is InChI=1S/C16H17N3O3/c1-9(2)14-13(16(20)21-3)12(10-5-4-6-19-8-10)11(7-17)15(18)22-14/h4-6,8-9,12H,18H2,1-3H3. The second kappa shape index (κ2) is 6.31. The first-order valence-corrected chi connectivity index (χ1v) is 6.81. The third-order valence-corrected chi connectivity index (χ3v) is 3.40. The molecule has 22 heavy (non-hydrogen) atoms. The Hall–Kier alpha value is -2.81. The van der Waals surface area contributed by atoms with Gasteiger partial charge in [0.15, 0.2) is 0 Å². The highest BCUT2D eigenvalue weighted by Gasteiger charge is 2.38. The van der Waals surface area contributed by atoms with Gasteiger partial charge in [0, 0.05) is 18.3 Å². The Morgan fingerprint density at radius 2 is 2.27 bits per heavy atom. The molecule has 0 amide bonds. The highest BCUT2D eigenvalue weighted by molar-refractivity contribution is 5.92. The number of rotatable bonds is 3. The van der Waals surface area contributed by atoms with E-state index in [0.717, 1.165) is 0 Å². The highest BCUT2D eigenvalue weighted by atomic mass is 16.5. The van der Waals surface area contributed by atoms with Crippen LogP contribution in [0.5, 0.6) is 0 Å². The number of aromatic nitrogens is 1. The molecule has 0 fully saturated rings. The third kappa shape index (κ3) is 2.66. The first-order valence-electron chi connectivity index (χ1n) is 6.81. The van der Waals surface area contributed by atoms with Crippen molar-refractivity contribution in [3.63, 3.8) is 0 Å². The summed E-state index contributed by atoms with van der Waals surface area (Å²) >= 11 is 0. The summed E-state index contributed by atoms with van der Waals surface area (Å²) in [7, 11) is 1.29. The summed E-state index contributed by atoms with van der Waals surface area (Å²) in [4.78, 5) is 16.3. The van der Waals surface area contributed by atoms with Gasteiger partial charge in [0.25, 0.3) is 0 Å². The molecule has 6 heteroatoms. The van der Waals surface area contributed by atoms with Crippen LogP contribution < -0.4 is 5.73 Å². The van der Waals surface area contributed by atoms with Crippen LogP contribution in [0.25, 0.3) is 0 Å². The van der Waals surface area contributed by atoms with Crippen LogP contribution in [-0.2, 0) is 14.3 Å². The molecule has 1 aromatic heterocycles. The first kappa shape index (κ1) is 15.6. The van der Waals surface area contributed by atoms with Crippen molar-refractivity contribution in [3.05, 3.63) is 52.9 Å². The molecule has 1 aromatic rings. The molecule has 0 aliphatic carbocycles. The van der Waals surface area contributed by atoms with E-state index in [9.17, 15) is 10.1 Å². The van der Waals surface area contributed by atoms with Crippen molar-refractivity contribution in [2.45, 2.75) is 19.8 Å². The van der Waals surface area contributed by atoms with Crippen LogP contribution in [-0.4, -0.2) is 18.1 Å². The second-order valence-electron chi connectivity index (χ2n) is 5.14. The van der Waals surface area contributed by atoms with E-state index >= 15 is 0 Å². The fourth-order valence-electron chi connectivity index (χ4n) is 2.41. The molecule has 2 N–H and O–H groups in total. The van der Waals surface area contributed by atoms with Crippen molar-refractivity contribution in [3.8, 4) is 6.07 Å². The number of ether oxygens (including phenoxy) is 2. The normalized spacial score (nSPS) is 18.0. The zero-order valence-electron chi connectivity index (χ0n) is 12.7. The van der Waals surface area contributed by atoms with Gasteiger partial charge >= 0.3 is 5.97 Å². The monoisotopic (exact) mass is 299 g/mol. The number of hydrogen-bond acceptors (Lipinski definition) is 6. The molecule has 0 aromatic carbocycles. The van der Waals surface area contributed by atoms with E-state index in [1.165, 1.54) is 7.11 Å². The maximum Gasteiger partial charge on any atom is 0.338 e. The summed E-state index contributed by atoms with van der Waals surface area (Å²) in [6, 6.07) is 5.55. The van der Waals surface area contributed by atoms with Crippen LogP contribution in [0.1, 0.15) is 25.3 Å². The van der Waals surface area contributed by atoms with E-state index in [2.05, 4.69) is 4.98 Å². The summed E-state index contributed by atoms with van der Waals surface area (Å²) in [6.07, 6.45) is 3.22. The number of allylic oxidation sites excluding steroid dienone is 2. The Labute approximate surface area is 128 Å². The van der Waals surface area contributed by atoms with Crippen LogP contribution in [0.3, 0.4) is 0 Å². The van der Waals surface area contributed by atoms with E-state index in [-0.39, 0.29) is 22.9 Å². The molecule has 2 rings (SSSR count). The molecule has 0 saturated heterocycles. The van der Waals surface area contributed by atoms with Crippen molar-refractivity contribution in [1.29, 1.82) is 5.26 Å². The molecule has 1 aliphatic heterocycles. The number of nitrogens with zero attached hydrogens (tertiary/aromatic N) is 2. The second-order valence-corrected chi connectivity index (χ2v) is 5.14. The van der Waals surface area contributed by atoms with Crippen LogP contribution in [0.15, 0.2) is 47.3 Å². The van der Waals surface area contributed by atoms with Crippen molar-refractivity contribution in [2.24, 2.45) is 11.7 Å². The smallest absolute Gasteiger partial charge is 0.338 e. The lowest BCUT2D eigenvalue weighted by Gasteiger charge is -2.29. The average molecular weight is 299 g/mol. The molecular formula is C16H17N3O3. The van der Waals surface area contributed by atoms with E-state index < -0.39 is 11.9 Å². The molecule has 0 radical (unpaired) electrons. The summed E-state index contributed by atoms with van der Waals surface area (Å²) in [6.45, 7) is 3.76. The Kier molecular flexibility index (Phi) is 4.47. The summed E-state index contributed by atoms with van der Waals surface area (Å²) in [5, 5.41) is 9.43. The number of carbonyl (C=O) groups excluding carboxylic acids is 1. The van der Waals surface area contributed by atoms with Crippen LogP contribution in [0.2, 0.25) is 0 Å². The summed E-state index contributed by atoms with van der Waals surface area (Å²) in [5.74, 6) is -0.855. The topological polar surface area (TPSA) is 98.2 Å². The van der Waals surface area contributed by atoms with E-state index in [1.54, 1.807) is 24.5 Å². The molecule has 114 valence electrons. The zero-order chi connectivity index (χ0) is 16.3. The number of nitriles is 1. The van der Waals surface area contributed by atoms with Gasteiger partial charge in [-0.15, -0.1) is 0 Å². The summed E-state index contributed by atoms with van der Waals surface area (Å²) in [5.41, 5.74) is 7.03. The van der Waals surface area contributed by atoms with Crippen molar-refractivity contribution >= 4 is 5.97 Å². The van der Waals surface area contributed by atoms with Crippen molar-refractivity contribution < 1.29 is 14.3 Å². The molecule has 1 atom stereocenters. The van der Waals surface area contributed by atoms with Gasteiger partial charge in [0.2, 0.25) is 5.88 Å². The number of esters is 1. The van der Waals surface area contributed by atoms with Gasteiger partial charge in [0.05, 0.1) is 18.6 Å². The van der Waals surface area contributed by atoms with E-state index in [0.29, 0.717) is 11.3 Å². The minimum atomic E-state index is -0.641. The predicted molar refractivity (Wildman–Crippen MR) is 78.8 cm³/mol. The maximum atomic E-state index is 12.3. The number of pyridine rings is 1. The molecule has 2 heterocycles. The number of carbonyl (C=O) groups is 1. The largest absolute Gasteiger partial charge is 0.466 e. The van der Waals surface area contributed by atoms with E-state index in [1.807, 2.05) is 19.9 Å². The number of methoxy groups -OCH3 is 1. The van der Waals surface area contributed by atoms with Crippen LogP contribution in [0.4, 0.5) is 0 Å². The Morgan fingerprint density at radius 1 is 1.55 bits per heavy atom. The summed E-state index contributed by atoms with van der Waals surface area (Å²) < 4.78 is 10.4. The zero-order valence-corrected chi connectivity index (χ0v) is 12.7. The van der Waals surface area contributed by atoms with Gasteiger partial charge in [-0.1, -0.05) is 19.9 Å². The number of hydrogen-bond donors (Lipinski definition) is 1. The molecular weight excluding hydrogens is 282 g/mol. The van der Waals surface area contributed by atoms with Gasteiger partial charge in [0.1, 0.15) is 17.4 Å². The quantitative estimate of drug-likeness (QED) is 0.857.